The third-order valence-corrected chi connectivity index (χ3v) is 6.39. The van der Waals surface area contributed by atoms with Gasteiger partial charge in [-0.05, 0) is 61.6 Å². The molecule has 1 aliphatic rings. The van der Waals surface area contributed by atoms with Gasteiger partial charge in [0.25, 0.3) is 5.91 Å². The quantitative estimate of drug-likeness (QED) is 0.799. The molecule has 0 aromatic heterocycles. The first-order chi connectivity index (χ1) is 13.2. The number of amides is 1. The Balaban J connectivity index is 1.78. The van der Waals surface area contributed by atoms with Crippen molar-refractivity contribution in [3.05, 3.63) is 64.7 Å². The van der Waals surface area contributed by atoms with E-state index in [4.69, 9.17) is 0 Å². The fourth-order valence-electron chi connectivity index (χ4n) is 3.64. The normalized spacial score (nSPS) is 14.8. The van der Waals surface area contributed by atoms with Gasteiger partial charge in [0.05, 0.1) is 18.5 Å². The highest BCUT2D eigenvalue weighted by atomic mass is 32.2. The SMILES string of the molecule is Cc1ccc(C)c(N(Cc2ccc(C(=O)NC3CCCC3)cc2)S(C)(=O)=O)c1. The molecule has 6 heteroatoms. The number of aryl methyl sites for hydroxylation is 2. The highest BCUT2D eigenvalue weighted by molar-refractivity contribution is 7.92. The summed E-state index contributed by atoms with van der Waals surface area (Å²) in [6, 6.07) is 13.2. The Labute approximate surface area is 167 Å². The molecule has 2 aromatic rings. The molecule has 28 heavy (non-hydrogen) atoms. The van der Waals surface area contributed by atoms with Gasteiger partial charge in [-0.2, -0.15) is 0 Å². The maximum absolute atomic E-state index is 12.4. The van der Waals surface area contributed by atoms with E-state index in [2.05, 4.69) is 5.32 Å². The minimum Gasteiger partial charge on any atom is -0.349 e. The molecule has 0 aliphatic heterocycles. The molecule has 1 amide bonds. The van der Waals surface area contributed by atoms with Crippen molar-refractivity contribution in [3.63, 3.8) is 0 Å². The predicted molar refractivity (Wildman–Crippen MR) is 113 cm³/mol. The first-order valence-electron chi connectivity index (χ1n) is 9.69. The van der Waals surface area contributed by atoms with Crippen molar-refractivity contribution >= 4 is 21.6 Å². The van der Waals surface area contributed by atoms with Crippen LogP contribution in [-0.4, -0.2) is 26.6 Å². The summed E-state index contributed by atoms with van der Waals surface area (Å²) >= 11 is 0. The lowest BCUT2D eigenvalue weighted by Crippen LogP contribution is -2.32. The Hall–Kier alpha value is -2.34. The van der Waals surface area contributed by atoms with E-state index >= 15 is 0 Å². The van der Waals surface area contributed by atoms with E-state index in [1.807, 2.05) is 44.2 Å². The van der Waals surface area contributed by atoms with Gasteiger partial charge < -0.3 is 5.32 Å². The van der Waals surface area contributed by atoms with Crippen LogP contribution in [-0.2, 0) is 16.6 Å². The van der Waals surface area contributed by atoms with E-state index in [1.165, 1.54) is 23.4 Å². The number of sulfonamides is 1. The molecule has 1 saturated carbocycles. The van der Waals surface area contributed by atoms with Crippen LogP contribution in [0.15, 0.2) is 42.5 Å². The van der Waals surface area contributed by atoms with E-state index in [0.29, 0.717) is 11.3 Å². The molecule has 1 N–H and O–H groups in total. The number of carbonyl (C=O) groups excluding carboxylic acids is 1. The minimum absolute atomic E-state index is 0.0621. The molecule has 1 fully saturated rings. The molecule has 150 valence electrons. The van der Waals surface area contributed by atoms with Crippen LogP contribution < -0.4 is 9.62 Å². The summed E-state index contributed by atoms with van der Waals surface area (Å²) in [7, 11) is -3.44. The van der Waals surface area contributed by atoms with Crippen LogP contribution in [0.3, 0.4) is 0 Å². The third-order valence-electron chi connectivity index (χ3n) is 5.27. The summed E-state index contributed by atoms with van der Waals surface area (Å²) in [5.41, 5.74) is 4.04. The van der Waals surface area contributed by atoms with Crippen molar-refractivity contribution in [2.45, 2.75) is 52.1 Å². The van der Waals surface area contributed by atoms with Crippen molar-refractivity contribution < 1.29 is 13.2 Å². The molecule has 0 spiro atoms. The Morgan fingerprint density at radius 2 is 1.71 bits per heavy atom. The summed E-state index contributed by atoms with van der Waals surface area (Å²) in [4.78, 5) is 12.4. The fourth-order valence-corrected chi connectivity index (χ4v) is 4.57. The van der Waals surface area contributed by atoms with Crippen molar-refractivity contribution in [3.8, 4) is 0 Å². The predicted octanol–water partition coefficient (Wildman–Crippen LogP) is 3.94. The minimum atomic E-state index is -3.44. The van der Waals surface area contributed by atoms with Gasteiger partial charge in [-0.3, -0.25) is 9.10 Å². The first kappa shape index (κ1) is 20.4. The number of benzene rings is 2. The Morgan fingerprint density at radius 1 is 1.07 bits per heavy atom. The Kier molecular flexibility index (Phi) is 6.08. The summed E-state index contributed by atoms with van der Waals surface area (Å²) in [5.74, 6) is -0.0621. The second-order valence-electron chi connectivity index (χ2n) is 7.71. The third kappa shape index (κ3) is 4.93. The number of nitrogens with zero attached hydrogens (tertiary/aromatic N) is 1. The van der Waals surface area contributed by atoms with E-state index < -0.39 is 10.0 Å². The van der Waals surface area contributed by atoms with E-state index in [9.17, 15) is 13.2 Å². The largest absolute Gasteiger partial charge is 0.349 e. The molecule has 0 heterocycles. The zero-order valence-electron chi connectivity index (χ0n) is 16.7. The lowest BCUT2D eigenvalue weighted by molar-refractivity contribution is 0.0938. The van der Waals surface area contributed by atoms with Crippen molar-refractivity contribution in [2.24, 2.45) is 0 Å². The average molecular weight is 401 g/mol. The zero-order valence-corrected chi connectivity index (χ0v) is 17.6. The molecule has 5 nitrogen and oxygen atoms in total. The molecule has 0 saturated heterocycles. The van der Waals surface area contributed by atoms with Crippen LogP contribution >= 0.6 is 0 Å². The summed E-state index contributed by atoms with van der Waals surface area (Å²) in [5, 5.41) is 3.07. The van der Waals surface area contributed by atoms with Crippen LogP contribution in [0, 0.1) is 13.8 Å². The van der Waals surface area contributed by atoms with Crippen LogP contribution in [0.2, 0.25) is 0 Å². The molecule has 0 radical (unpaired) electrons. The van der Waals surface area contributed by atoms with Crippen LogP contribution in [0.1, 0.15) is 52.7 Å². The van der Waals surface area contributed by atoms with Gasteiger partial charge in [0.15, 0.2) is 0 Å². The van der Waals surface area contributed by atoms with Crippen molar-refractivity contribution in [1.29, 1.82) is 0 Å². The average Bonchev–Trinajstić information content (AvgIpc) is 3.14. The van der Waals surface area contributed by atoms with Crippen molar-refractivity contribution in [1.82, 2.24) is 5.32 Å². The van der Waals surface area contributed by atoms with E-state index in [-0.39, 0.29) is 18.5 Å². The first-order valence-corrected chi connectivity index (χ1v) is 11.5. The number of carbonyl (C=O) groups is 1. The van der Waals surface area contributed by atoms with Crippen LogP contribution in [0.4, 0.5) is 5.69 Å². The Morgan fingerprint density at radius 3 is 2.32 bits per heavy atom. The summed E-state index contributed by atoms with van der Waals surface area (Å²) in [6.07, 6.45) is 5.65. The number of hydrogen-bond donors (Lipinski definition) is 1. The molecule has 3 rings (SSSR count). The molecule has 0 bridgehead atoms. The lowest BCUT2D eigenvalue weighted by Gasteiger charge is -2.25. The molecule has 0 atom stereocenters. The fraction of sp³-hybridized carbons (Fsp3) is 0.409. The highest BCUT2D eigenvalue weighted by Crippen LogP contribution is 2.26. The van der Waals surface area contributed by atoms with E-state index in [1.54, 1.807) is 12.1 Å². The standard InChI is InChI=1S/C22H28N2O3S/c1-16-8-9-17(2)21(14-16)24(28(3,26)27)15-18-10-12-19(13-11-18)22(25)23-20-6-4-5-7-20/h8-14,20H,4-7,15H2,1-3H3,(H,23,25). The summed E-state index contributed by atoms with van der Waals surface area (Å²) in [6.45, 7) is 4.08. The number of anilines is 1. The molecular weight excluding hydrogens is 372 g/mol. The maximum atomic E-state index is 12.4. The lowest BCUT2D eigenvalue weighted by atomic mass is 10.1. The topological polar surface area (TPSA) is 66.5 Å². The maximum Gasteiger partial charge on any atom is 0.251 e. The zero-order chi connectivity index (χ0) is 20.3. The second-order valence-corrected chi connectivity index (χ2v) is 9.62. The van der Waals surface area contributed by atoms with Crippen molar-refractivity contribution in [2.75, 3.05) is 10.6 Å². The molecular formula is C22H28N2O3S. The van der Waals surface area contributed by atoms with Gasteiger partial charge in [0.1, 0.15) is 0 Å². The van der Waals surface area contributed by atoms with E-state index in [0.717, 1.165) is 29.5 Å². The molecule has 2 aromatic carbocycles. The summed E-state index contributed by atoms with van der Waals surface area (Å²) < 4.78 is 26.3. The van der Waals surface area contributed by atoms with Gasteiger partial charge in [-0.1, -0.05) is 37.1 Å². The van der Waals surface area contributed by atoms with Crippen LogP contribution in [0.5, 0.6) is 0 Å². The number of rotatable bonds is 6. The second kappa shape index (κ2) is 8.35. The van der Waals surface area contributed by atoms with Crippen LogP contribution in [0.25, 0.3) is 0 Å². The molecule has 1 aliphatic carbocycles. The van der Waals surface area contributed by atoms with Gasteiger partial charge in [-0.15, -0.1) is 0 Å². The van der Waals surface area contributed by atoms with Gasteiger partial charge in [0, 0.05) is 11.6 Å². The van der Waals surface area contributed by atoms with Gasteiger partial charge in [-0.25, -0.2) is 8.42 Å². The Bertz CT molecular complexity index is 946. The number of hydrogen-bond acceptors (Lipinski definition) is 3. The smallest absolute Gasteiger partial charge is 0.251 e. The monoisotopic (exact) mass is 400 g/mol. The molecule has 0 unspecified atom stereocenters. The van der Waals surface area contributed by atoms with Gasteiger partial charge >= 0.3 is 0 Å². The number of nitrogens with one attached hydrogen (secondary N) is 1. The highest BCUT2D eigenvalue weighted by Gasteiger charge is 2.21. The van der Waals surface area contributed by atoms with Gasteiger partial charge in [0.2, 0.25) is 10.0 Å².